The number of methoxy groups -OCH3 is 3. The molecule has 1 aromatic carbocycles. The van der Waals surface area contributed by atoms with Gasteiger partial charge in [0.1, 0.15) is 0 Å². The first-order chi connectivity index (χ1) is 9.53. The summed E-state index contributed by atoms with van der Waals surface area (Å²) in [6.45, 7) is 0.158. The lowest BCUT2D eigenvalue weighted by molar-refractivity contribution is -0.385. The Balaban J connectivity index is 2.81. The van der Waals surface area contributed by atoms with Gasteiger partial charge in [0.2, 0.25) is 0 Å². The van der Waals surface area contributed by atoms with E-state index in [0.717, 1.165) is 0 Å². The van der Waals surface area contributed by atoms with Gasteiger partial charge < -0.3 is 19.5 Å². The Kier molecular flexibility index (Phi) is 5.88. The quantitative estimate of drug-likeness (QED) is 0.454. The van der Waals surface area contributed by atoms with Crippen LogP contribution in [0.25, 0.3) is 0 Å². The molecule has 1 amide bonds. The number of nitrogens with zero attached hydrogens (tertiary/aromatic N) is 1. The molecule has 1 aromatic rings. The number of nitro groups is 1. The lowest BCUT2D eigenvalue weighted by Crippen LogP contribution is -2.34. The van der Waals surface area contributed by atoms with Crippen molar-refractivity contribution in [2.75, 3.05) is 27.9 Å². The van der Waals surface area contributed by atoms with Gasteiger partial charge in [0, 0.05) is 31.9 Å². The molecule has 0 fully saturated rings. The van der Waals surface area contributed by atoms with Crippen LogP contribution in [0.4, 0.5) is 5.69 Å². The zero-order valence-corrected chi connectivity index (χ0v) is 11.4. The second-order valence-electron chi connectivity index (χ2n) is 3.75. The number of carbonyl (C=O) groups is 1. The third-order valence-electron chi connectivity index (χ3n) is 2.59. The van der Waals surface area contributed by atoms with E-state index in [1.165, 1.54) is 39.5 Å². The average Bonchev–Trinajstić information content (AvgIpc) is 2.47. The molecule has 0 saturated carbocycles. The summed E-state index contributed by atoms with van der Waals surface area (Å²) in [6.07, 6.45) is -0.557. The van der Waals surface area contributed by atoms with E-state index in [1.54, 1.807) is 0 Å². The summed E-state index contributed by atoms with van der Waals surface area (Å²) < 4.78 is 14.8. The zero-order chi connectivity index (χ0) is 15.1. The molecule has 0 atom stereocenters. The van der Waals surface area contributed by atoms with Gasteiger partial charge in [-0.2, -0.15) is 0 Å². The van der Waals surface area contributed by atoms with Gasteiger partial charge in [-0.3, -0.25) is 14.9 Å². The van der Waals surface area contributed by atoms with Crippen LogP contribution in [0.2, 0.25) is 0 Å². The predicted molar refractivity (Wildman–Crippen MR) is 69.8 cm³/mol. The summed E-state index contributed by atoms with van der Waals surface area (Å²) in [5.74, 6) is -0.380. The Morgan fingerprint density at radius 1 is 1.35 bits per heavy atom. The Hall–Kier alpha value is -2.19. The summed E-state index contributed by atoms with van der Waals surface area (Å²) in [7, 11) is 4.21. The minimum Gasteiger partial charge on any atom is -0.490 e. The van der Waals surface area contributed by atoms with E-state index in [9.17, 15) is 14.9 Å². The maximum atomic E-state index is 11.9. The average molecular weight is 284 g/mol. The lowest BCUT2D eigenvalue weighted by atomic mass is 10.1. The fourth-order valence-electron chi connectivity index (χ4n) is 1.51. The molecule has 0 aliphatic heterocycles. The van der Waals surface area contributed by atoms with E-state index >= 15 is 0 Å². The van der Waals surface area contributed by atoms with Crippen molar-refractivity contribution >= 4 is 11.6 Å². The summed E-state index contributed by atoms with van der Waals surface area (Å²) in [5, 5.41) is 13.3. The van der Waals surface area contributed by atoms with Crippen molar-refractivity contribution in [3.63, 3.8) is 0 Å². The van der Waals surface area contributed by atoms with Gasteiger partial charge in [0.05, 0.1) is 18.6 Å². The second kappa shape index (κ2) is 7.41. The number of rotatable bonds is 7. The Labute approximate surface area is 115 Å². The topological polar surface area (TPSA) is 99.9 Å². The predicted octanol–water partition coefficient (Wildman–Crippen LogP) is 0.952. The molecule has 0 saturated heterocycles. The van der Waals surface area contributed by atoms with Crippen LogP contribution in [0.1, 0.15) is 10.4 Å². The van der Waals surface area contributed by atoms with E-state index in [4.69, 9.17) is 14.2 Å². The highest BCUT2D eigenvalue weighted by atomic mass is 16.7. The molecule has 20 heavy (non-hydrogen) atoms. The van der Waals surface area contributed by atoms with Crippen LogP contribution >= 0.6 is 0 Å². The number of benzene rings is 1. The fourth-order valence-corrected chi connectivity index (χ4v) is 1.51. The van der Waals surface area contributed by atoms with Gasteiger partial charge in [-0.15, -0.1) is 0 Å². The molecule has 0 heterocycles. The van der Waals surface area contributed by atoms with Crippen molar-refractivity contribution in [2.24, 2.45) is 0 Å². The van der Waals surface area contributed by atoms with Gasteiger partial charge in [0.15, 0.2) is 12.0 Å². The molecule has 0 bridgehead atoms. The molecule has 1 N–H and O–H groups in total. The van der Waals surface area contributed by atoms with E-state index in [1.807, 2.05) is 0 Å². The third kappa shape index (κ3) is 3.90. The van der Waals surface area contributed by atoms with E-state index < -0.39 is 17.1 Å². The molecule has 0 radical (unpaired) electrons. The molecule has 0 spiro atoms. The molecule has 0 aromatic heterocycles. The molecule has 0 unspecified atom stereocenters. The SMILES string of the molecule is COc1cc(C(=O)NCC(OC)OC)ccc1[N+](=O)[O-]. The first-order valence-electron chi connectivity index (χ1n) is 5.69. The van der Waals surface area contributed by atoms with Gasteiger partial charge in [-0.25, -0.2) is 0 Å². The van der Waals surface area contributed by atoms with Crippen LogP contribution in [-0.2, 0) is 9.47 Å². The maximum Gasteiger partial charge on any atom is 0.310 e. The molecular weight excluding hydrogens is 268 g/mol. The van der Waals surface area contributed by atoms with Crippen LogP contribution < -0.4 is 10.1 Å². The minimum absolute atomic E-state index is 0.0256. The zero-order valence-electron chi connectivity index (χ0n) is 11.4. The number of hydrogen-bond acceptors (Lipinski definition) is 6. The largest absolute Gasteiger partial charge is 0.490 e. The summed E-state index contributed by atoms with van der Waals surface area (Å²) in [6, 6.07) is 3.88. The third-order valence-corrected chi connectivity index (χ3v) is 2.59. The monoisotopic (exact) mass is 284 g/mol. The van der Waals surface area contributed by atoms with Crippen LogP contribution in [0.15, 0.2) is 18.2 Å². The Morgan fingerprint density at radius 2 is 2.00 bits per heavy atom. The van der Waals surface area contributed by atoms with Crippen molar-refractivity contribution in [3.8, 4) is 5.75 Å². The number of carbonyl (C=O) groups excluding carboxylic acids is 1. The number of nitrogens with one attached hydrogen (secondary N) is 1. The Morgan fingerprint density at radius 3 is 2.50 bits per heavy atom. The summed E-state index contributed by atoms with van der Waals surface area (Å²) >= 11 is 0. The molecule has 0 aliphatic rings. The molecule has 8 heteroatoms. The van der Waals surface area contributed by atoms with Gasteiger partial charge in [0.25, 0.3) is 5.91 Å². The minimum atomic E-state index is -0.577. The second-order valence-corrected chi connectivity index (χ2v) is 3.75. The lowest BCUT2D eigenvalue weighted by Gasteiger charge is -2.14. The van der Waals surface area contributed by atoms with Crippen LogP contribution in [0.3, 0.4) is 0 Å². The van der Waals surface area contributed by atoms with Crippen molar-refractivity contribution in [2.45, 2.75) is 6.29 Å². The first kappa shape index (κ1) is 15.9. The smallest absolute Gasteiger partial charge is 0.310 e. The van der Waals surface area contributed by atoms with E-state index in [2.05, 4.69) is 5.32 Å². The number of hydrogen-bond donors (Lipinski definition) is 1. The van der Waals surface area contributed by atoms with Gasteiger partial charge in [-0.1, -0.05) is 0 Å². The Bertz CT molecular complexity index is 487. The highest BCUT2D eigenvalue weighted by Gasteiger charge is 2.18. The molecular formula is C12H16N2O6. The van der Waals surface area contributed by atoms with Crippen LogP contribution in [-0.4, -0.2) is 45.0 Å². The van der Waals surface area contributed by atoms with Gasteiger partial charge >= 0.3 is 5.69 Å². The van der Waals surface area contributed by atoms with Crippen LogP contribution in [0.5, 0.6) is 5.75 Å². The fraction of sp³-hybridized carbons (Fsp3) is 0.417. The van der Waals surface area contributed by atoms with Crippen LogP contribution in [0, 0.1) is 10.1 Å². The van der Waals surface area contributed by atoms with E-state index in [-0.39, 0.29) is 23.5 Å². The summed E-state index contributed by atoms with van der Waals surface area (Å²) in [5.41, 5.74) is 0.0501. The number of amides is 1. The molecule has 0 aliphatic carbocycles. The summed E-state index contributed by atoms with van der Waals surface area (Å²) in [4.78, 5) is 22.1. The highest BCUT2D eigenvalue weighted by Crippen LogP contribution is 2.27. The number of nitro benzene ring substituents is 1. The van der Waals surface area contributed by atoms with Crippen molar-refractivity contribution < 1.29 is 23.9 Å². The molecule has 110 valence electrons. The standard InChI is InChI=1S/C12H16N2O6/c1-18-10-6-8(4-5-9(10)14(16)17)12(15)13-7-11(19-2)20-3/h4-6,11H,7H2,1-3H3,(H,13,15). The van der Waals surface area contributed by atoms with E-state index in [0.29, 0.717) is 0 Å². The maximum absolute atomic E-state index is 11.9. The normalized spacial score (nSPS) is 10.4. The van der Waals surface area contributed by atoms with Crippen molar-refractivity contribution in [3.05, 3.63) is 33.9 Å². The van der Waals surface area contributed by atoms with Crippen molar-refractivity contribution in [1.29, 1.82) is 0 Å². The highest BCUT2D eigenvalue weighted by molar-refractivity contribution is 5.95. The molecule has 8 nitrogen and oxygen atoms in total. The van der Waals surface area contributed by atoms with Gasteiger partial charge in [-0.05, 0) is 6.07 Å². The molecule has 1 rings (SSSR count). The number of ether oxygens (including phenoxy) is 3. The van der Waals surface area contributed by atoms with Crippen molar-refractivity contribution in [1.82, 2.24) is 5.32 Å². The first-order valence-corrected chi connectivity index (χ1v) is 5.69.